The first-order chi connectivity index (χ1) is 31.9. The van der Waals surface area contributed by atoms with Crippen molar-refractivity contribution in [3.05, 3.63) is 77.1 Å². The van der Waals surface area contributed by atoms with Crippen molar-refractivity contribution >= 4 is 58.8 Å². The fraction of sp³-hybridized carbons (Fsp3) is 0.478. The van der Waals surface area contributed by atoms with Gasteiger partial charge in [-0.2, -0.15) is 0 Å². The Hall–Kier alpha value is -5.96. The number of ether oxygens (including phenoxy) is 4. The fourth-order valence-corrected chi connectivity index (χ4v) is 8.34. The minimum atomic E-state index is -5.09. The van der Waals surface area contributed by atoms with Crippen LogP contribution in [0.15, 0.2) is 65.9 Å². The van der Waals surface area contributed by atoms with Crippen molar-refractivity contribution in [2.24, 2.45) is 16.3 Å². The third-order valence-electron chi connectivity index (χ3n) is 12.0. The van der Waals surface area contributed by atoms with Crippen LogP contribution in [0.4, 0.5) is 29.5 Å². The number of piperazine rings is 1. The van der Waals surface area contributed by atoms with Gasteiger partial charge in [-0.25, -0.2) is 9.78 Å². The van der Waals surface area contributed by atoms with Gasteiger partial charge in [0.05, 0.1) is 53.2 Å². The lowest BCUT2D eigenvalue weighted by molar-refractivity contribution is -0.274. The molecule has 2 unspecified atom stereocenters. The number of halogens is 4. The second kappa shape index (κ2) is 22.2. The highest BCUT2D eigenvalue weighted by Crippen LogP contribution is 2.41. The van der Waals surface area contributed by atoms with Gasteiger partial charge in [0, 0.05) is 102 Å². The average molecular weight is 957 g/mol. The molecule has 3 saturated heterocycles. The molecule has 0 radical (unpaired) electrons. The molecular weight excluding hydrogens is 901 g/mol. The number of carbonyl (C=O) groups is 4. The van der Waals surface area contributed by atoms with Gasteiger partial charge in [-0.3, -0.25) is 19.4 Å². The second-order valence-corrected chi connectivity index (χ2v) is 17.4. The van der Waals surface area contributed by atoms with Crippen LogP contribution in [0.1, 0.15) is 49.0 Å². The number of nitrogens with zero attached hydrogens (tertiary/aromatic N) is 5. The molecule has 4 amide bonds. The monoisotopic (exact) mass is 956 g/mol. The summed E-state index contributed by atoms with van der Waals surface area (Å²) < 4.78 is 61.9. The summed E-state index contributed by atoms with van der Waals surface area (Å²) >= 11 is 6.61. The van der Waals surface area contributed by atoms with Crippen LogP contribution in [0.25, 0.3) is 16.8 Å². The van der Waals surface area contributed by atoms with E-state index in [0.29, 0.717) is 81.3 Å². The molecule has 3 atom stereocenters. The van der Waals surface area contributed by atoms with Crippen molar-refractivity contribution in [3.63, 3.8) is 0 Å². The van der Waals surface area contributed by atoms with Crippen LogP contribution in [0.5, 0.6) is 5.75 Å². The Morgan fingerprint density at radius 1 is 1.01 bits per heavy atom. The van der Waals surface area contributed by atoms with E-state index in [1.807, 2.05) is 4.90 Å². The van der Waals surface area contributed by atoms with Gasteiger partial charge in [-0.05, 0) is 56.4 Å². The first kappa shape index (κ1) is 50.5. The number of likely N-dealkylation sites (tertiary alicyclic amines) is 1. The number of aliphatic hydroxyl groups is 1. The fourth-order valence-electron chi connectivity index (χ4n) is 8.13. The Balaban J connectivity index is 1.17. The number of rotatable bonds is 15. The Bertz CT molecular complexity index is 2290. The van der Waals surface area contributed by atoms with Crippen molar-refractivity contribution < 1.29 is 56.4 Å². The van der Waals surface area contributed by atoms with Gasteiger partial charge < -0.3 is 54.7 Å². The molecule has 0 spiro atoms. The Morgan fingerprint density at radius 3 is 2.30 bits per heavy atom. The predicted octanol–water partition coefficient (Wildman–Crippen LogP) is 5.58. The largest absolute Gasteiger partial charge is 0.573 e. The van der Waals surface area contributed by atoms with Crippen molar-refractivity contribution in [1.82, 2.24) is 25.4 Å². The lowest BCUT2D eigenvalue weighted by Gasteiger charge is -2.38. The SMILES string of the molecule is CN/C=C(\N=C\[C@@H]1CC(OC)CN1C(=O)C(NC(=O)OC)C1CCOCC1)c1ccc(-c2cc(Cl)c(NC(=O)c3ccc(N4CCN(C(=O)C(C)(C)CO)CC4)nc3)cc2OC(F)(F)F)cc1. The van der Waals surface area contributed by atoms with Crippen molar-refractivity contribution in [2.75, 3.05) is 84.0 Å². The summed E-state index contributed by atoms with van der Waals surface area (Å²) in [5.74, 6) is -1.34. The first-order valence-electron chi connectivity index (χ1n) is 21.7. The normalized spacial score (nSPS) is 19.0. The molecule has 67 heavy (non-hydrogen) atoms. The number of alkyl carbamates (subject to hydrolysis) is 1. The van der Waals surface area contributed by atoms with E-state index in [9.17, 15) is 37.5 Å². The number of anilines is 2. The second-order valence-electron chi connectivity index (χ2n) is 16.9. The third kappa shape index (κ3) is 12.7. The van der Waals surface area contributed by atoms with Gasteiger partial charge in [-0.15, -0.1) is 13.2 Å². The van der Waals surface area contributed by atoms with Gasteiger partial charge in [0.1, 0.15) is 17.6 Å². The van der Waals surface area contributed by atoms with Crippen LogP contribution in [0, 0.1) is 11.3 Å². The number of methoxy groups -OCH3 is 2. The standard InChI is InChI=1S/C46H56ClF3N8O9/c1-45(2,27-59)43(62)57-16-14-56(15-17-57)39-11-10-31(23-53-39)41(60)54-36-22-38(67-46(48,49)50)34(21-35(36)47)28-6-8-29(9-7-28)37(25-51-3)52-24-32-20-33(64-4)26-58(32)42(61)40(55-44(63)65-5)30-12-18-66-19-13-30/h6-11,21-25,30,32-33,40,51,59H,12-20,26-27H2,1-5H3,(H,54,60)(H,55,63)/b37-25-,52-24+/t32-,33?,40?/m0/s1. The maximum atomic E-state index is 14.1. The molecule has 0 bridgehead atoms. The number of hydrogen-bond donors (Lipinski definition) is 4. The van der Waals surface area contributed by atoms with Gasteiger partial charge in [0.2, 0.25) is 11.8 Å². The zero-order valence-corrected chi connectivity index (χ0v) is 38.7. The molecule has 0 aliphatic carbocycles. The lowest BCUT2D eigenvalue weighted by atomic mass is 9.90. The van der Waals surface area contributed by atoms with Crippen LogP contribution in [-0.4, -0.2) is 148 Å². The van der Waals surface area contributed by atoms with Crippen LogP contribution in [-0.2, 0) is 23.8 Å². The number of pyridine rings is 1. The van der Waals surface area contributed by atoms with Crippen molar-refractivity contribution in [1.29, 1.82) is 0 Å². The Labute approximate surface area is 391 Å². The van der Waals surface area contributed by atoms with E-state index < -0.39 is 41.6 Å². The maximum absolute atomic E-state index is 14.1. The van der Waals surface area contributed by atoms with Gasteiger partial charge >= 0.3 is 12.5 Å². The molecule has 362 valence electrons. The zero-order chi connectivity index (χ0) is 48.5. The predicted molar refractivity (Wildman–Crippen MR) is 245 cm³/mol. The summed E-state index contributed by atoms with van der Waals surface area (Å²) in [6.45, 7) is 6.11. The number of aliphatic hydroxyl groups excluding tert-OH is 1. The highest BCUT2D eigenvalue weighted by Gasteiger charge is 2.41. The zero-order valence-electron chi connectivity index (χ0n) is 37.9. The van der Waals surface area contributed by atoms with E-state index in [1.54, 1.807) is 80.6 Å². The molecule has 3 aromatic rings. The molecule has 3 aliphatic rings. The quantitative estimate of drug-likeness (QED) is 0.139. The molecular formula is C46H56ClF3N8O9. The van der Waals surface area contributed by atoms with E-state index >= 15 is 0 Å². The molecule has 21 heteroatoms. The summed E-state index contributed by atoms with van der Waals surface area (Å²) in [7, 11) is 4.47. The van der Waals surface area contributed by atoms with Crippen molar-refractivity contribution in [3.8, 4) is 16.9 Å². The molecule has 3 aliphatic heterocycles. The molecule has 0 saturated carbocycles. The number of alkyl halides is 3. The van der Waals surface area contributed by atoms with E-state index in [1.165, 1.54) is 25.4 Å². The average Bonchev–Trinajstić information content (AvgIpc) is 3.75. The van der Waals surface area contributed by atoms with Gasteiger partial charge in [-0.1, -0.05) is 35.9 Å². The molecule has 3 fully saturated rings. The Kier molecular flexibility index (Phi) is 16.7. The number of nitrogens with one attached hydrogen (secondary N) is 3. The molecule has 4 N–H and O–H groups in total. The summed E-state index contributed by atoms with van der Waals surface area (Å²) in [5.41, 5.74) is 0.418. The number of carbonyl (C=O) groups excluding carboxylic acids is 4. The summed E-state index contributed by atoms with van der Waals surface area (Å²) in [6.07, 6.45) is 0.0920. The highest BCUT2D eigenvalue weighted by atomic mass is 35.5. The Morgan fingerprint density at radius 2 is 1.70 bits per heavy atom. The minimum Gasteiger partial charge on any atom is -0.453 e. The van der Waals surface area contributed by atoms with E-state index in [4.69, 9.17) is 30.8 Å². The smallest absolute Gasteiger partial charge is 0.453 e. The summed E-state index contributed by atoms with van der Waals surface area (Å²) in [4.78, 5) is 67.0. The molecule has 1 aromatic heterocycles. The minimum absolute atomic E-state index is 0.00683. The number of aromatic nitrogens is 1. The van der Waals surface area contributed by atoms with Crippen LogP contribution in [0.2, 0.25) is 5.02 Å². The third-order valence-corrected chi connectivity index (χ3v) is 12.3. The number of aliphatic imine (C=N–C) groups is 1. The summed E-state index contributed by atoms with van der Waals surface area (Å²) in [6, 6.07) is 10.5. The van der Waals surface area contributed by atoms with E-state index in [2.05, 4.69) is 25.7 Å². The summed E-state index contributed by atoms with van der Waals surface area (Å²) in [5, 5.41) is 17.8. The van der Waals surface area contributed by atoms with E-state index in [0.717, 1.165) is 6.07 Å². The van der Waals surface area contributed by atoms with Crippen LogP contribution < -0.4 is 25.6 Å². The molecule has 6 rings (SSSR count). The molecule has 2 aromatic carbocycles. The molecule has 4 heterocycles. The number of benzene rings is 2. The maximum Gasteiger partial charge on any atom is 0.573 e. The number of hydrogen-bond acceptors (Lipinski definition) is 13. The van der Waals surface area contributed by atoms with Gasteiger partial charge in [0.25, 0.3) is 5.91 Å². The topological polar surface area (TPSA) is 196 Å². The molecule has 17 nitrogen and oxygen atoms in total. The van der Waals surface area contributed by atoms with Crippen molar-refractivity contribution in [2.45, 2.75) is 57.7 Å². The van der Waals surface area contributed by atoms with E-state index in [-0.39, 0.29) is 58.8 Å². The first-order valence-corrected chi connectivity index (χ1v) is 22.1. The number of amides is 4. The lowest BCUT2D eigenvalue weighted by Crippen LogP contribution is -2.54. The van der Waals surface area contributed by atoms with Crippen LogP contribution >= 0.6 is 11.6 Å². The van der Waals surface area contributed by atoms with Gasteiger partial charge in [0.15, 0.2) is 0 Å². The highest BCUT2D eigenvalue weighted by molar-refractivity contribution is 6.34. The van der Waals surface area contributed by atoms with Crippen LogP contribution in [0.3, 0.4) is 0 Å².